The molecule has 0 bridgehead atoms. The van der Waals surface area contributed by atoms with Crippen LogP contribution in [-0.2, 0) is 16.0 Å². The number of para-hydroxylation sites is 1. The Kier molecular flexibility index (Phi) is 5.17. The van der Waals surface area contributed by atoms with Crippen LogP contribution in [0.4, 0.5) is 0 Å². The van der Waals surface area contributed by atoms with E-state index in [9.17, 15) is 14.9 Å². The maximum absolute atomic E-state index is 12.6. The lowest BCUT2D eigenvalue weighted by Crippen LogP contribution is -2.45. The molecule has 0 spiro atoms. The lowest BCUT2D eigenvalue weighted by Gasteiger charge is -2.31. The number of carbonyl (C=O) groups excluding carboxylic acids is 1. The van der Waals surface area contributed by atoms with E-state index < -0.39 is 35.4 Å². The van der Waals surface area contributed by atoms with Gasteiger partial charge in [-0.1, -0.05) is 39.0 Å². The molecule has 1 fully saturated rings. The van der Waals surface area contributed by atoms with Gasteiger partial charge in [-0.2, -0.15) is 0 Å². The lowest BCUT2D eigenvalue weighted by molar-refractivity contribution is -0.535. The maximum atomic E-state index is 12.6. The van der Waals surface area contributed by atoms with Gasteiger partial charge in [-0.15, -0.1) is 0 Å². The molecule has 0 aliphatic carbocycles. The largest absolute Gasteiger partial charge is 0.487 e. The van der Waals surface area contributed by atoms with Crippen molar-refractivity contribution in [2.24, 2.45) is 11.3 Å². The molecule has 3 rings (SSSR count). The minimum atomic E-state index is -0.965. The number of nitrogens with zero attached hydrogens (tertiary/aromatic N) is 1. The highest BCUT2D eigenvalue weighted by molar-refractivity contribution is 5.77. The van der Waals surface area contributed by atoms with Gasteiger partial charge in [0.05, 0.1) is 12.5 Å². The third-order valence-electron chi connectivity index (χ3n) is 5.67. The third-order valence-corrected chi connectivity index (χ3v) is 5.67. The lowest BCUT2D eigenvalue weighted by atomic mass is 9.72. The molecule has 2 aliphatic heterocycles. The monoisotopic (exact) mass is 390 g/mol. The number of rotatable bonds is 4. The van der Waals surface area contributed by atoms with Crippen molar-refractivity contribution in [1.29, 1.82) is 0 Å². The topological polar surface area (TPSA) is 90.7 Å². The van der Waals surface area contributed by atoms with Crippen LogP contribution in [0.25, 0.3) is 0 Å². The first-order chi connectivity index (χ1) is 13.0. The predicted molar refractivity (Wildman–Crippen MR) is 105 cm³/mol. The number of ether oxygens (including phenoxy) is 2. The Morgan fingerprint density at radius 1 is 1.39 bits per heavy atom. The Balaban J connectivity index is 2.08. The van der Waals surface area contributed by atoms with Crippen molar-refractivity contribution in [2.45, 2.75) is 71.7 Å². The van der Waals surface area contributed by atoms with Crippen LogP contribution in [0.2, 0.25) is 0 Å². The van der Waals surface area contributed by atoms with Crippen LogP contribution in [0.5, 0.6) is 5.75 Å². The number of hydrogen-bond donors (Lipinski definition) is 1. The second-order valence-electron chi connectivity index (χ2n) is 9.42. The van der Waals surface area contributed by atoms with Gasteiger partial charge < -0.3 is 9.47 Å². The van der Waals surface area contributed by atoms with Gasteiger partial charge in [0.15, 0.2) is 0 Å². The fourth-order valence-corrected chi connectivity index (χ4v) is 4.67. The van der Waals surface area contributed by atoms with Crippen LogP contribution >= 0.6 is 0 Å². The Morgan fingerprint density at radius 2 is 2.07 bits per heavy atom. The first-order valence-electron chi connectivity index (χ1n) is 9.83. The number of nitrogens with one attached hydrogen (secondary N) is 1. The molecular weight excluding hydrogens is 360 g/mol. The quantitative estimate of drug-likeness (QED) is 0.482. The number of esters is 1. The van der Waals surface area contributed by atoms with Crippen LogP contribution in [0.1, 0.15) is 58.7 Å². The van der Waals surface area contributed by atoms with E-state index in [4.69, 9.17) is 9.47 Å². The fraction of sp³-hybridized carbons (Fsp3) is 0.667. The molecule has 28 heavy (non-hydrogen) atoms. The van der Waals surface area contributed by atoms with E-state index in [-0.39, 0.29) is 17.1 Å². The molecule has 154 valence electrons. The SMILES string of the molecule is CCOC(=O)[C@H]1N[C@@H](c2cccc3c2OC(C)(C)C3)[C@@H]([N+](=O)[O-])[C@H]1C(C)(C)C. The van der Waals surface area contributed by atoms with Crippen molar-refractivity contribution >= 4 is 5.97 Å². The smallest absolute Gasteiger partial charge is 0.323 e. The molecule has 1 aromatic carbocycles. The van der Waals surface area contributed by atoms with E-state index in [1.54, 1.807) is 6.92 Å². The summed E-state index contributed by atoms with van der Waals surface area (Å²) >= 11 is 0. The molecule has 7 nitrogen and oxygen atoms in total. The summed E-state index contributed by atoms with van der Waals surface area (Å²) in [6.45, 7) is 11.8. The molecule has 4 atom stereocenters. The Morgan fingerprint density at radius 3 is 2.64 bits per heavy atom. The highest BCUT2D eigenvalue weighted by Gasteiger charge is 2.59. The van der Waals surface area contributed by atoms with Crippen LogP contribution in [-0.4, -0.2) is 35.2 Å². The summed E-state index contributed by atoms with van der Waals surface area (Å²) in [5, 5.41) is 15.4. The van der Waals surface area contributed by atoms with Crippen molar-refractivity contribution < 1.29 is 19.2 Å². The molecule has 2 aliphatic rings. The Hall–Kier alpha value is -2.15. The average molecular weight is 390 g/mol. The summed E-state index contributed by atoms with van der Waals surface area (Å²) in [5.74, 6) is -0.253. The molecular formula is C21H30N2O5. The molecule has 0 saturated carbocycles. The standard InChI is InChI=1S/C21H30N2O5/c1-7-27-19(24)16-14(20(2,3)4)17(23(25)26)15(22-16)13-10-8-9-12-11-21(5,6)28-18(12)13/h8-10,14-17,22H,7,11H2,1-6H3/t14-,15-,16-,17-/m0/s1. The Labute approximate surface area is 165 Å². The van der Waals surface area contributed by atoms with Crippen LogP contribution in [0, 0.1) is 21.4 Å². The number of fused-ring (bicyclic) bond motifs is 1. The molecule has 1 N–H and O–H groups in total. The van der Waals surface area contributed by atoms with Gasteiger partial charge in [-0.3, -0.25) is 20.2 Å². The van der Waals surface area contributed by atoms with Crippen LogP contribution in [0.15, 0.2) is 18.2 Å². The van der Waals surface area contributed by atoms with E-state index in [2.05, 4.69) is 5.32 Å². The van der Waals surface area contributed by atoms with Crippen molar-refractivity contribution in [3.63, 3.8) is 0 Å². The molecule has 2 heterocycles. The molecule has 7 heteroatoms. The normalized spacial score (nSPS) is 28.5. The highest BCUT2D eigenvalue weighted by atomic mass is 16.6. The van der Waals surface area contributed by atoms with Crippen molar-refractivity contribution in [2.75, 3.05) is 6.61 Å². The third kappa shape index (κ3) is 3.60. The van der Waals surface area contributed by atoms with Gasteiger partial charge >= 0.3 is 5.97 Å². The van der Waals surface area contributed by atoms with Crippen molar-refractivity contribution in [1.82, 2.24) is 5.32 Å². The zero-order chi connectivity index (χ0) is 20.9. The predicted octanol–water partition coefficient (Wildman–Crippen LogP) is 3.28. The van der Waals surface area contributed by atoms with Gasteiger partial charge in [0.1, 0.15) is 23.4 Å². The number of hydrogen-bond acceptors (Lipinski definition) is 6. The second-order valence-corrected chi connectivity index (χ2v) is 9.42. The molecule has 1 saturated heterocycles. The summed E-state index contributed by atoms with van der Waals surface area (Å²) in [6.07, 6.45) is 0.746. The van der Waals surface area contributed by atoms with E-state index in [1.807, 2.05) is 52.8 Å². The summed E-state index contributed by atoms with van der Waals surface area (Å²) in [5.41, 5.74) is 0.962. The number of carbonyl (C=O) groups is 1. The van der Waals surface area contributed by atoms with Gasteiger partial charge in [0, 0.05) is 16.9 Å². The first-order valence-corrected chi connectivity index (χ1v) is 9.83. The van der Waals surface area contributed by atoms with Gasteiger partial charge in [0.25, 0.3) is 0 Å². The highest BCUT2D eigenvalue weighted by Crippen LogP contribution is 2.48. The number of nitro groups is 1. The van der Waals surface area contributed by atoms with Crippen LogP contribution in [0.3, 0.4) is 0 Å². The van der Waals surface area contributed by atoms with E-state index >= 15 is 0 Å². The summed E-state index contributed by atoms with van der Waals surface area (Å²) in [4.78, 5) is 24.6. The zero-order valence-electron chi connectivity index (χ0n) is 17.4. The molecule has 1 aromatic rings. The summed E-state index contributed by atoms with van der Waals surface area (Å²) in [6, 6.07) is 3.42. The van der Waals surface area contributed by atoms with Gasteiger partial charge in [0.2, 0.25) is 6.04 Å². The maximum Gasteiger partial charge on any atom is 0.323 e. The van der Waals surface area contributed by atoms with Crippen molar-refractivity contribution in [3.05, 3.63) is 39.4 Å². The summed E-state index contributed by atoms with van der Waals surface area (Å²) < 4.78 is 11.4. The minimum absolute atomic E-state index is 0.236. The van der Waals surface area contributed by atoms with E-state index in [0.717, 1.165) is 17.5 Å². The average Bonchev–Trinajstić information content (AvgIpc) is 3.10. The van der Waals surface area contributed by atoms with E-state index in [1.165, 1.54) is 0 Å². The van der Waals surface area contributed by atoms with E-state index in [0.29, 0.717) is 5.75 Å². The van der Waals surface area contributed by atoms with Crippen LogP contribution < -0.4 is 10.1 Å². The minimum Gasteiger partial charge on any atom is -0.487 e. The number of benzene rings is 1. The van der Waals surface area contributed by atoms with Crippen molar-refractivity contribution in [3.8, 4) is 5.75 Å². The fourth-order valence-electron chi connectivity index (χ4n) is 4.67. The summed E-state index contributed by atoms with van der Waals surface area (Å²) in [7, 11) is 0. The Bertz CT molecular complexity index is 783. The molecule has 0 aromatic heterocycles. The molecule has 0 unspecified atom stereocenters. The second kappa shape index (κ2) is 7.03. The van der Waals surface area contributed by atoms with Gasteiger partial charge in [-0.05, 0) is 31.7 Å². The molecule has 0 amide bonds. The van der Waals surface area contributed by atoms with Gasteiger partial charge in [-0.25, -0.2) is 0 Å². The molecule has 0 radical (unpaired) electrons. The zero-order valence-corrected chi connectivity index (χ0v) is 17.4. The first kappa shape index (κ1) is 20.6.